The van der Waals surface area contributed by atoms with Crippen LogP contribution < -0.4 is 4.74 Å². The zero-order chi connectivity index (χ0) is 19.4. The second-order valence-corrected chi connectivity index (χ2v) is 8.23. The lowest BCUT2D eigenvalue weighted by molar-refractivity contribution is -0.130. The standard InChI is InChI=1S/C22H33NO4/c1-3-22(26)12-6-8-17-14-23(15-18(17)22)21(25)9-5-4-7-16-10-11-20(27-2)19(24)13-16/h10-11,13,17-18,24,26H,3-9,12,14-15H2,1-2H3/t17-,18+,22-/m0/s1. The Morgan fingerprint density at radius 1 is 1.33 bits per heavy atom. The number of aliphatic hydroxyl groups is 1. The molecular weight excluding hydrogens is 342 g/mol. The molecule has 1 aliphatic carbocycles. The van der Waals surface area contributed by atoms with Crippen molar-refractivity contribution in [3.8, 4) is 11.5 Å². The normalized spacial score (nSPS) is 27.4. The molecule has 3 rings (SSSR count). The highest BCUT2D eigenvalue weighted by Crippen LogP contribution is 2.44. The average molecular weight is 376 g/mol. The van der Waals surface area contributed by atoms with Gasteiger partial charge in [-0.05, 0) is 62.1 Å². The summed E-state index contributed by atoms with van der Waals surface area (Å²) in [5.41, 5.74) is 0.481. The monoisotopic (exact) mass is 375 g/mol. The van der Waals surface area contributed by atoms with E-state index in [-0.39, 0.29) is 17.6 Å². The van der Waals surface area contributed by atoms with Crippen LogP contribution in [0.15, 0.2) is 18.2 Å². The minimum atomic E-state index is -0.575. The van der Waals surface area contributed by atoms with E-state index in [2.05, 4.69) is 6.92 Å². The zero-order valence-corrected chi connectivity index (χ0v) is 16.6. The third-order valence-corrected chi connectivity index (χ3v) is 6.63. The van der Waals surface area contributed by atoms with Crippen molar-refractivity contribution in [3.05, 3.63) is 23.8 Å². The van der Waals surface area contributed by atoms with Crippen molar-refractivity contribution in [2.45, 2.75) is 63.9 Å². The topological polar surface area (TPSA) is 70.0 Å². The summed E-state index contributed by atoms with van der Waals surface area (Å²) in [6, 6.07) is 5.46. The Hall–Kier alpha value is -1.75. The van der Waals surface area contributed by atoms with E-state index >= 15 is 0 Å². The molecule has 2 fully saturated rings. The summed E-state index contributed by atoms with van der Waals surface area (Å²) in [5.74, 6) is 1.59. The molecule has 0 bridgehead atoms. The highest BCUT2D eigenvalue weighted by molar-refractivity contribution is 5.76. The Morgan fingerprint density at radius 3 is 2.85 bits per heavy atom. The first-order chi connectivity index (χ1) is 13.0. The zero-order valence-electron chi connectivity index (χ0n) is 16.6. The van der Waals surface area contributed by atoms with Crippen LogP contribution in [0.4, 0.5) is 0 Å². The van der Waals surface area contributed by atoms with Gasteiger partial charge in [0, 0.05) is 25.4 Å². The number of hydrogen-bond donors (Lipinski definition) is 2. The number of rotatable bonds is 7. The van der Waals surface area contributed by atoms with Gasteiger partial charge in [0.2, 0.25) is 5.91 Å². The fourth-order valence-corrected chi connectivity index (χ4v) is 4.93. The van der Waals surface area contributed by atoms with Crippen molar-refractivity contribution in [1.29, 1.82) is 0 Å². The van der Waals surface area contributed by atoms with Gasteiger partial charge in [0.25, 0.3) is 0 Å². The first-order valence-corrected chi connectivity index (χ1v) is 10.3. The second-order valence-electron chi connectivity index (χ2n) is 8.23. The third kappa shape index (κ3) is 4.40. The lowest BCUT2D eigenvalue weighted by Gasteiger charge is -2.40. The molecule has 1 saturated carbocycles. The van der Waals surface area contributed by atoms with Crippen LogP contribution in [0.1, 0.15) is 57.4 Å². The van der Waals surface area contributed by atoms with Crippen LogP contribution in [-0.2, 0) is 11.2 Å². The van der Waals surface area contributed by atoms with E-state index in [0.29, 0.717) is 18.1 Å². The molecule has 5 nitrogen and oxygen atoms in total. The van der Waals surface area contributed by atoms with Crippen LogP contribution in [-0.4, -0.2) is 46.8 Å². The number of phenols is 1. The quantitative estimate of drug-likeness (QED) is 0.716. The van der Waals surface area contributed by atoms with E-state index in [1.54, 1.807) is 12.1 Å². The predicted molar refractivity (Wildman–Crippen MR) is 105 cm³/mol. The molecule has 2 N–H and O–H groups in total. The molecule has 1 aromatic carbocycles. The van der Waals surface area contributed by atoms with Crippen molar-refractivity contribution in [2.75, 3.05) is 20.2 Å². The number of ether oxygens (including phenoxy) is 1. The number of methoxy groups -OCH3 is 1. The number of hydrogen-bond acceptors (Lipinski definition) is 4. The fraction of sp³-hybridized carbons (Fsp3) is 0.682. The minimum Gasteiger partial charge on any atom is -0.504 e. The van der Waals surface area contributed by atoms with E-state index in [0.717, 1.165) is 63.6 Å². The number of carbonyl (C=O) groups is 1. The van der Waals surface area contributed by atoms with Crippen LogP contribution >= 0.6 is 0 Å². The predicted octanol–water partition coefficient (Wildman–Crippen LogP) is 3.51. The number of benzene rings is 1. The van der Waals surface area contributed by atoms with Crippen molar-refractivity contribution in [3.63, 3.8) is 0 Å². The Morgan fingerprint density at radius 2 is 2.15 bits per heavy atom. The molecule has 2 aliphatic rings. The van der Waals surface area contributed by atoms with Crippen LogP contribution in [0.5, 0.6) is 11.5 Å². The first-order valence-electron chi connectivity index (χ1n) is 10.3. The van der Waals surface area contributed by atoms with Gasteiger partial charge in [-0.25, -0.2) is 0 Å². The number of carbonyl (C=O) groups excluding carboxylic acids is 1. The maximum Gasteiger partial charge on any atom is 0.222 e. The molecular formula is C22H33NO4. The molecule has 0 radical (unpaired) electrons. The van der Waals surface area contributed by atoms with Gasteiger partial charge in [-0.3, -0.25) is 4.79 Å². The van der Waals surface area contributed by atoms with E-state index < -0.39 is 5.60 Å². The lowest BCUT2D eigenvalue weighted by atomic mass is 9.69. The van der Waals surface area contributed by atoms with Crippen molar-refractivity contribution < 1.29 is 19.7 Å². The molecule has 27 heavy (non-hydrogen) atoms. The molecule has 1 aliphatic heterocycles. The number of fused-ring (bicyclic) bond motifs is 1. The highest BCUT2D eigenvalue weighted by Gasteiger charge is 2.48. The third-order valence-electron chi connectivity index (χ3n) is 6.63. The van der Waals surface area contributed by atoms with E-state index in [9.17, 15) is 15.0 Å². The summed E-state index contributed by atoms with van der Waals surface area (Å²) in [5, 5.41) is 20.7. The molecule has 1 aromatic rings. The highest BCUT2D eigenvalue weighted by atomic mass is 16.5. The molecule has 1 amide bonds. The summed E-state index contributed by atoms with van der Waals surface area (Å²) < 4.78 is 5.06. The number of likely N-dealkylation sites (tertiary alicyclic amines) is 1. The summed E-state index contributed by atoms with van der Waals surface area (Å²) in [4.78, 5) is 14.6. The minimum absolute atomic E-state index is 0.161. The van der Waals surface area contributed by atoms with Gasteiger partial charge in [0.15, 0.2) is 11.5 Å². The Labute approximate surface area is 162 Å². The molecule has 5 heteroatoms. The van der Waals surface area contributed by atoms with Crippen LogP contribution in [0.25, 0.3) is 0 Å². The Balaban J connectivity index is 1.44. The molecule has 3 atom stereocenters. The van der Waals surface area contributed by atoms with E-state index in [1.165, 1.54) is 7.11 Å². The van der Waals surface area contributed by atoms with Gasteiger partial charge in [0.1, 0.15) is 0 Å². The first kappa shape index (κ1) is 20.0. The molecule has 0 unspecified atom stereocenters. The molecule has 0 spiro atoms. The Kier molecular flexibility index (Phi) is 6.30. The average Bonchev–Trinajstić information content (AvgIpc) is 3.11. The van der Waals surface area contributed by atoms with E-state index in [4.69, 9.17) is 4.74 Å². The maximum atomic E-state index is 12.6. The SMILES string of the molecule is CC[C@]1(O)CCC[C@H]2CN(C(=O)CCCCc3ccc(OC)c(O)c3)C[C@H]21. The molecule has 150 valence electrons. The number of aryl methyl sites for hydroxylation is 1. The maximum absolute atomic E-state index is 12.6. The van der Waals surface area contributed by atoms with Crippen LogP contribution in [0.2, 0.25) is 0 Å². The summed E-state index contributed by atoms with van der Waals surface area (Å²) in [7, 11) is 1.54. The molecule has 0 aromatic heterocycles. The van der Waals surface area contributed by atoms with Gasteiger partial charge in [0.05, 0.1) is 12.7 Å². The summed E-state index contributed by atoms with van der Waals surface area (Å²) in [6.45, 7) is 3.60. The van der Waals surface area contributed by atoms with Crippen LogP contribution in [0, 0.1) is 11.8 Å². The lowest BCUT2D eigenvalue weighted by Crippen LogP contribution is -2.44. The van der Waals surface area contributed by atoms with Crippen molar-refractivity contribution in [2.24, 2.45) is 11.8 Å². The van der Waals surface area contributed by atoms with Gasteiger partial charge >= 0.3 is 0 Å². The smallest absolute Gasteiger partial charge is 0.222 e. The van der Waals surface area contributed by atoms with Crippen LogP contribution in [0.3, 0.4) is 0 Å². The number of unbranched alkanes of at least 4 members (excludes halogenated alkanes) is 1. The van der Waals surface area contributed by atoms with Crippen molar-refractivity contribution in [1.82, 2.24) is 4.90 Å². The molecule has 1 heterocycles. The van der Waals surface area contributed by atoms with Gasteiger partial charge in [-0.2, -0.15) is 0 Å². The fourth-order valence-electron chi connectivity index (χ4n) is 4.93. The largest absolute Gasteiger partial charge is 0.504 e. The number of phenolic OH excluding ortho intramolecular Hbond substituents is 1. The second kappa shape index (κ2) is 8.51. The van der Waals surface area contributed by atoms with E-state index in [1.807, 2.05) is 11.0 Å². The summed E-state index contributed by atoms with van der Waals surface area (Å²) >= 11 is 0. The van der Waals surface area contributed by atoms with Gasteiger partial charge in [-0.1, -0.05) is 19.4 Å². The molecule has 1 saturated heterocycles. The van der Waals surface area contributed by atoms with Gasteiger partial charge < -0.3 is 19.8 Å². The van der Waals surface area contributed by atoms with Crippen molar-refractivity contribution >= 4 is 5.91 Å². The van der Waals surface area contributed by atoms with Gasteiger partial charge in [-0.15, -0.1) is 0 Å². The number of aromatic hydroxyl groups is 1. The Bertz CT molecular complexity index is 662. The number of nitrogens with zero attached hydrogens (tertiary/aromatic N) is 1. The summed E-state index contributed by atoms with van der Waals surface area (Å²) in [6.07, 6.45) is 7.02. The number of amides is 1.